The molecule has 0 saturated heterocycles. The summed E-state index contributed by atoms with van der Waals surface area (Å²) in [7, 11) is 0. The molecule has 0 aliphatic rings. The lowest BCUT2D eigenvalue weighted by atomic mass is 10.0. The standard InChI is InChI=1S/C13H19BrFN/c1-3-5-13(16-8-4-2)11-9-10(14)6-7-12(11)15/h6-7,9,13,16H,3-5,8H2,1-2H3. The van der Waals surface area contributed by atoms with E-state index >= 15 is 0 Å². The van der Waals surface area contributed by atoms with Gasteiger partial charge in [-0.1, -0.05) is 36.2 Å². The van der Waals surface area contributed by atoms with Crippen LogP contribution in [0.3, 0.4) is 0 Å². The molecule has 1 atom stereocenters. The molecular weight excluding hydrogens is 269 g/mol. The van der Waals surface area contributed by atoms with E-state index in [4.69, 9.17) is 0 Å². The van der Waals surface area contributed by atoms with Crippen LogP contribution in [0.1, 0.15) is 44.7 Å². The predicted octanol–water partition coefficient (Wildman–Crippen LogP) is 4.43. The van der Waals surface area contributed by atoms with E-state index in [0.717, 1.165) is 35.8 Å². The van der Waals surface area contributed by atoms with Gasteiger partial charge in [-0.25, -0.2) is 4.39 Å². The van der Waals surface area contributed by atoms with Crippen molar-refractivity contribution in [3.05, 3.63) is 34.1 Å². The first-order chi connectivity index (χ1) is 7.69. The minimum Gasteiger partial charge on any atom is -0.310 e. The lowest BCUT2D eigenvalue weighted by Gasteiger charge is -2.19. The molecule has 1 rings (SSSR count). The molecule has 0 radical (unpaired) electrons. The summed E-state index contributed by atoms with van der Waals surface area (Å²) in [6.07, 6.45) is 3.08. The normalized spacial score (nSPS) is 12.8. The molecule has 0 fully saturated rings. The van der Waals surface area contributed by atoms with Crippen LogP contribution in [0.5, 0.6) is 0 Å². The van der Waals surface area contributed by atoms with E-state index in [1.165, 1.54) is 6.07 Å². The van der Waals surface area contributed by atoms with Gasteiger partial charge in [0.1, 0.15) is 5.82 Å². The quantitative estimate of drug-likeness (QED) is 0.816. The average molecular weight is 288 g/mol. The van der Waals surface area contributed by atoms with Crippen molar-refractivity contribution in [2.75, 3.05) is 6.54 Å². The molecule has 0 saturated carbocycles. The molecule has 16 heavy (non-hydrogen) atoms. The molecule has 0 aliphatic heterocycles. The highest BCUT2D eigenvalue weighted by molar-refractivity contribution is 9.10. The largest absolute Gasteiger partial charge is 0.310 e. The number of hydrogen-bond donors (Lipinski definition) is 1. The maximum atomic E-state index is 13.7. The second-order valence-electron chi connectivity index (χ2n) is 3.96. The van der Waals surface area contributed by atoms with Crippen molar-refractivity contribution in [2.45, 2.75) is 39.2 Å². The van der Waals surface area contributed by atoms with Crippen LogP contribution in [0, 0.1) is 5.82 Å². The first kappa shape index (κ1) is 13.7. The second-order valence-corrected chi connectivity index (χ2v) is 4.88. The Labute approximate surface area is 106 Å². The second kappa shape index (κ2) is 7.02. The minimum absolute atomic E-state index is 0.120. The van der Waals surface area contributed by atoms with Gasteiger partial charge in [-0.15, -0.1) is 0 Å². The zero-order chi connectivity index (χ0) is 12.0. The predicted molar refractivity (Wildman–Crippen MR) is 70.0 cm³/mol. The monoisotopic (exact) mass is 287 g/mol. The van der Waals surface area contributed by atoms with E-state index in [0.29, 0.717) is 0 Å². The molecule has 1 N–H and O–H groups in total. The summed E-state index contributed by atoms with van der Waals surface area (Å²) in [5.74, 6) is -0.120. The van der Waals surface area contributed by atoms with E-state index in [1.807, 2.05) is 6.07 Å². The lowest BCUT2D eigenvalue weighted by molar-refractivity contribution is 0.469. The molecule has 1 nitrogen and oxygen atoms in total. The summed E-state index contributed by atoms with van der Waals surface area (Å²) >= 11 is 3.39. The van der Waals surface area contributed by atoms with Crippen LogP contribution in [0.15, 0.2) is 22.7 Å². The van der Waals surface area contributed by atoms with Crippen molar-refractivity contribution in [1.29, 1.82) is 0 Å². The van der Waals surface area contributed by atoms with E-state index < -0.39 is 0 Å². The highest BCUT2D eigenvalue weighted by atomic mass is 79.9. The number of halogens is 2. The van der Waals surface area contributed by atoms with Crippen LogP contribution < -0.4 is 5.32 Å². The molecule has 0 amide bonds. The molecule has 1 aromatic carbocycles. The van der Waals surface area contributed by atoms with Crippen molar-refractivity contribution in [3.63, 3.8) is 0 Å². The molecular formula is C13H19BrFN. The topological polar surface area (TPSA) is 12.0 Å². The number of hydrogen-bond acceptors (Lipinski definition) is 1. The summed E-state index contributed by atoms with van der Waals surface area (Å²) in [4.78, 5) is 0. The van der Waals surface area contributed by atoms with E-state index in [1.54, 1.807) is 6.07 Å². The van der Waals surface area contributed by atoms with Gasteiger partial charge in [0.2, 0.25) is 0 Å². The Morgan fingerprint density at radius 1 is 1.31 bits per heavy atom. The molecule has 0 spiro atoms. The zero-order valence-corrected chi connectivity index (χ0v) is 11.5. The van der Waals surface area contributed by atoms with Crippen molar-refractivity contribution < 1.29 is 4.39 Å². The number of nitrogens with one attached hydrogen (secondary N) is 1. The van der Waals surface area contributed by atoms with Crippen molar-refractivity contribution in [2.24, 2.45) is 0 Å². The third-order valence-corrected chi connectivity index (χ3v) is 3.04. The van der Waals surface area contributed by atoms with Crippen molar-refractivity contribution in [3.8, 4) is 0 Å². The highest BCUT2D eigenvalue weighted by Gasteiger charge is 2.14. The summed E-state index contributed by atoms with van der Waals surface area (Å²) < 4.78 is 14.6. The van der Waals surface area contributed by atoms with E-state index in [-0.39, 0.29) is 11.9 Å². The first-order valence-electron chi connectivity index (χ1n) is 5.87. The lowest BCUT2D eigenvalue weighted by Crippen LogP contribution is -2.23. The van der Waals surface area contributed by atoms with Crippen LogP contribution in [-0.4, -0.2) is 6.54 Å². The Morgan fingerprint density at radius 2 is 2.06 bits per heavy atom. The van der Waals surface area contributed by atoms with Gasteiger partial charge in [0.05, 0.1) is 0 Å². The summed E-state index contributed by atoms with van der Waals surface area (Å²) in [5, 5.41) is 3.39. The molecule has 1 unspecified atom stereocenters. The van der Waals surface area contributed by atoms with Gasteiger partial charge in [0.15, 0.2) is 0 Å². The van der Waals surface area contributed by atoms with Gasteiger partial charge in [0, 0.05) is 16.1 Å². The molecule has 0 bridgehead atoms. The summed E-state index contributed by atoms with van der Waals surface area (Å²) in [6.45, 7) is 5.17. The van der Waals surface area contributed by atoms with Gasteiger partial charge in [0.25, 0.3) is 0 Å². The molecule has 3 heteroatoms. The Bertz CT molecular complexity index is 328. The fourth-order valence-electron chi connectivity index (χ4n) is 1.76. The first-order valence-corrected chi connectivity index (χ1v) is 6.66. The SMILES string of the molecule is CCCNC(CCC)c1cc(Br)ccc1F. The third-order valence-electron chi connectivity index (χ3n) is 2.55. The average Bonchev–Trinajstić information content (AvgIpc) is 2.28. The van der Waals surface area contributed by atoms with Gasteiger partial charge in [-0.3, -0.25) is 0 Å². The Hall–Kier alpha value is -0.410. The summed E-state index contributed by atoms with van der Waals surface area (Å²) in [5.41, 5.74) is 0.768. The Kier molecular flexibility index (Phi) is 5.99. The molecule has 0 aromatic heterocycles. The van der Waals surface area contributed by atoms with Gasteiger partial charge >= 0.3 is 0 Å². The molecule has 90 valence electrons. The van der Waals surface area contributed by atoms with Crippen molar-refractivity contribution in [1.82, 2.24) is 5.32 Å². The number of benzene rings is 1. The maximum absolute atomic E-state index is 13.7. The Balaban J connectivity index is 2.85. The van der Waals surface area contributed by atoms with Crippen LogP contribution in [0.2, 0.25) is 0 Å². The smallest absolute Gasteiger partial charge is 0.128 e. The van der Waals surface area contributed by atoms with Crippen LogP contribution in [0.25, 0.3) is 0 Å². The van der Waals surface area contributed by atoms with E-state index in [2.05, 4.69) is 35.1 Å². The maximum Gasteiger partial charge on any atom is 0.128 e. The highest BCUT2D eigenvalue weighted by Crippen LogP contribution is 2.24. The van der Waals surface area contributed by atoms with Gasteiger partial charge < -0.3 is 5.32 Å². The Morgan fingerprint density at radius 3 is 2.69 bits per heavy atom. The van der Waals surface area contributed by atoms with Crippen LogP contribution in [0.4, 0.5) is 4.39 Å². The van der Waals surface area contributed by atoms with Gasteiger partial charge in [-0.2, -0.15) is 0 Å². The van der Waals surface area contributed by atoms with Crippen LogP contribution in [-0.2, 0) is 0 Å². The number of rotatable bonds is 6. The van der Waals surface area contributed by atoms with Crippen LogP contribution >= 0.6 is 15.9 Å². The van der Waals surface area contributed by atoms with E-state index in [9.17, 15) is 4.39 Å². The minimum atomic E-state index is -0.120. The van der Waals surface area contributed by atoms with Crippen molar-refractivity contribution >= 4 is 15.9 Å². The molecule has 0 heterocycles. The van der Waals surface area contributed by atoms with Gasteiger partial charge in [-0.05, 0) is 37.6 Å². The summed E-state index contributed by atoms with van der Waals surface area (Å²) in [6, 6.07) is 5.26. The fraction of sp³-hybridized carbons (Fsp3) is 0.538. The molecule has 0 aliphatic carbocycles. The molecule has 1 aromatic rings. The fourth-order valence-corrected chi connectivity index (χ4v) is 2.14. The third kappa shape index (κ3) is 3.87. The zero-order valence-electron chi connectivity index (χ0n) is 9.89.